The second-order valence-corrected chi connectivity index (χ2v) is 5.65. The summed E-state index contributed by atoms with van der Waals surface area (Å²) < 4.78 is 6.25. The maximum absolute atomic E-state index is 6.23. The van der Waals surface area contributed by atoms with E-state index < -0.39 is 5.54 Å². The molecule has 6 heteroatoms. The number of hydrogen-bond acceptors (Lipinski definition) is 5. The summed E-state index contributed by atoms with van der Waals surface area (Å²) in [5.41, 5.74) is 5.73. The van der Waals surface area contributed by atoms with Crippen LogP contribution in [0, 0.1) is 0 Å². The maximum atomic E-state index is 6.23. The van der Waals surface area contributed by atoms with Crippen molar-refractivity contribution in [2.24, 2.45) is 5.73 Å². The first kappa shape index (κ1) is 12.7. The van der Waals surface area contributed by atoms with Gasteiger partial charge in [0, 0.05) is 4.47 Å². The Bertz CT molecular complexity index is 504. The fourth-order valence-electron chi connectivity index (χ4n) is 1.53. The van der Waals surface area contributed by atoms with Crippen molar-refractivity contribution in [1.29, 1.82) is 0 Å². The lowest BCUT2D eigenvalue weighted by Gasteiger charge is -2.21. The van der Waals surface area contributed by atoms with Crippen LogP contribution in [0.3, 0.4) is 0 Å². The predicted molar refractivity (Wildman–Crippen MR) is 71.8 cm³/mol. The van der Waals surface area contributed by atoms with E-state index >= 15 is 0 Å². The molecule has 0 aliphatic carbocycles. The standard InChI is InChI=1S/C11H14BrN3OS/c1-3-11(13,4-2)10-14-9(16-15-10)8-7(12)5-6-17-8/h5-6H,3-4,13H2,1-2H3. The van der Waals surface area contributed by atoms with Crippen molar-refractivity contribution in [2.45, 2.75) is 32.2 Å². The van der Waals surface area contributed by atoms with Crippen LogP contribution in [0.2, 0.25) is 0 Å². The van der Waals surface area contributed by atoms with Gasteiger partial charge in [0.15, 0.2) is 5.82 Å². The molecule has 2 rings (SSSR count). The van der Waals surface area contributed by atoms with Crippen LogP contribution in [-0.4, -0.2) is 10.1 Å². The second kappa shape index (κ2) is 4.88. The Morgan fingerprint density at radius 2 is 2.18 bits per heavy atom. The monoisotopic (exact) mass is 315 g/mol. The number of rotatable bonds is 4. The fourth-order valence-corrected chi connectivity index (χ4v) is 2.99. The van der Waals surface area contributed by atoms with E-state index in [4.69, 9.17) is 10.3 Å². The average molecular weight is 316 g/mol. The third-order valence-corrected chi connectivity index (χ3v) is 4.77. The molecule has 0 unspecified atom stereocenters. The van der Waals surface area contributed by atoms with Crippen LogP contribution in [0.15, 0.2) is 20.4 Å². The minimum absolute atomic E-state index is 0.495. The van der Waals surface area contributed by atoms with Gasteiger partial charge in [-0.15, -0.1) is 11.3 Å². The van der Waals surface area contributed by atoms with E-state index in [0.29, 0.717) is 11.7 Å². The summed E-state index contributed by atoms with van der Waals surface area (Å²) in [5, 5.41) is 5.97. The highest BCUT2D eigenvalue weighted by Crippen LogP contribution is 2.33. The van der Waals surface area contributed by atoms with Crippen molar-refractivity contribution < 1.29 is 4.52 Å². The molecule has 0 aromatic carbocycles. The van der Waals surface area contributed by atoms with Crippen LogP contribution in [0.4, 0.5) is 0 Å². The SMILES string of the molecule is CCC(N)(CC)c1noc(-c2sccc2Br)n1. The van der Waals surface area contributed by atoms with Crippen LogP contribution >= 0.6 is 27.3 Å². The van der Waals surface area contributed by atoms with Gasteiger partial charge in [0.25, 0.3) is 5.89 Å². The highest BCUT2D eigenvalue weighted by atomic mass is 79.9. The zero-order valence-electron chi connectivity index (χ0n) is 9.74. The van der Waals surface area contributed by atoms with Gasteiger partial charge >= 0.3 is 0 Å². The van der Waals surface area contributed by atoms with Crippen molar-refractivity contribution in [1.82, 2.24) is 10.1 Å². The number of nitrogens with two attached hydrogens (primary N) is 1. The normalized spacial score (nSPS) is 12.0. The molecule has 0 atom stereocenters. The summed E-state index contributed by atoms with van der Waals surface area (Å²) in [7, 11) is 0. The predicted octanol–water partition coefficient (Wildman–Crippen LogP) is 3.53. The first-order valence-corrected chi connectivity index (χ1v) is 7.14. The molecule has 0 fully saturated rings. The zero-order valence-corrected chi connectivity index (χ0v) is 12.1. The molecule has 0 saturated carbocycles. The molecule has 2 aromatic rings. The number of aromatic nitrogens is 2. The highest BCUT2D eigenvalue weighted by molar-refractivity contribution is 9.10. The summed E-state index contributed by atoms with van der Waals surface area (Å²) in [6.07, 6.45) is 1.57. The van der Waals surface area contributed by atoms with Crippen LogP contribution < -0.4 is 5.73 Å². The first-order chi connectivity index (χ1) is 8.10. The molecule has 2 N–H and O–H groups in total. The number of halogens is 1. The van der Waals surface area contributed by atoms with E-state index in [-0.39, 0.29) is 0 Å². The molecule has 0 spiro atoms. The van der Waals surface area contributed by atoms with Crippen molar-refractivity contribution in [3.05, 3.63) is 21.7 Å². The highest BCUT2D eigenvalue weighted by Gasteiger charge is 2.29. The molecule has 0 bridgehead atoms. The molecule has 2 aromatic heterocycles. The van der Waals surface area contributed by atoms with Gasteiger partial charge in [-0.3, -0.25) is 0 Å². The summed E-state index contributed by atoms with van der Waals surface area (Å²) in [6, 6.07) is 1.96. The topological polar surface area (TPSA) is 64.9 Å². The van der Waals surface area contributed by atoms with Gasteiger partial charge in [-0.2, -0.15) is 4.98 Å². The summed E-state index contributed by atoms with van der Waals surface area (Å²) >= 11 is 5.01. The smallest absolute Gasteiger partial charge is 0.269 e. The summed E-state index contributed by atoms with van der Waals surface area (Å²) in [6.45, 7) is 4.06. The fraction of sp³-hybridized carbons (Fsp3) is 0.455. The largest absolute Gasteiger partial charge is 0.333 e. The van der Waals surface area contributed by atoms with Gasteiger partial charge in [-0.1, -0.05) is 19.0 Å². The Hall–Kier alpha value is -0.720. The van der Waals surface area contributed by atoms with E-state index in [1.165, 1.54) is 0 Å². The van der Waals surface area contributed by atoms with Crippen molar-refractivity contribution >= 4 is 27.3 Å². The van der Waals surface area contributed by atoms with Crippen molar-refractivity contribution in [3.63, 3.8) is 0 Å². The summed E-state index contributed by atoms with van der Waals surface area (Å²) in [4.78, 5) is 5.35. The Kier molecular flexibility index (Phi) is 3.65. The Morgan fingerprint density at radius 3 is 2.71 bits per heavy atom. The molecular weight excluding hydrogens is 302 g/mol. The van der Waals surface area contributed by atoms with E-state index in [0.717, 1.165) is 22.2 Å². The van der Waals surface area contributed by atoms with Crippen molar-refractivity contribution in [3.8, 4) is 10.8 Å². The molecule has 0 saturated heterocycles. The molecule has 92 valence electrons. The van der Waals surface area contributed by atoms with Crippen LogP contribution in [0.25, 0.3) is 10.8 Å². The van der Waals surface area contributed by atoms with E-state index in [9.17, 15) is 0 Å². The molecular formula is C11H14BrN3OS. The molecule has 2 heterocycles. The van der Waals surface area contributed by atoms with Gasteiger partial charge in [0.1, 0.15) is 4.88 Å². The molecule has 0 amide bonds. The lowest BCUT2D eigenvalue weighted by molar-refractivity contribution is 0.350. The first-order valence-electron chi connectivity index (χ1n) is 5.47. The van der Waals surface area contributed by atoms with Gasteiger partial charge in [0.05, 0.1) is 5.54 Å². The van der Waals surface area contributed by atoms with Gasteiger partial charge in [-0.05, 0) is 40.2 Å². The van der Waals surface area contributed by atoms with Gasteiger partial charge in [0.2, 0.25) is 0 Å². The number of nitrogens with zero attached hydrogens (tertiary/aromatic N) is 2. The van der Waals surface area contributed by atoms with Crippen LogP contribution in [0.5, 0.6) is 0 Å². The van der Waals surface area contributed by atoms with Gasteiger partial charge in [-0.25, -0.2) is 0 Å². The third kappa shape index (κ3) is 2.29. The van der Waals surface area contributed by atoms with Gasteiger partial charge < -0.3 is 10.3 Å². The van der Waals surface area contributed by atoms with Crippen LogP contribution in [-0.2, 0) is 5.54 Å². The molecule has 17 heavy (non-hydrogen) atoms. The quantitative estimate of drug-likeness (QED) is 0.937. The maximum Gasteiger partial charge on any atom is 0.269 e. The lowest BCUT2D eigenvalue weighted by atomic mass is 9.93. The molecule has 4 nitrogen and oxygen atoms in total. The average Bonchev–Trinajstić information content (AvgIpc) is 2.96. The van der Waals surface area contributed by atoms with E-state index in [1.807, 2.05) is 25.3 Å². The molecule has 0 radical (unpaired) electrons. The second-order valence-electron chi connectivity index (χ2n) is 3.88. The van der Waals surface area contributed by atoms with Crippen LogP contribution in [0.1, 0.15) is 32.5 Å². The number of hydrogen-bond donors (Lipinski definition) is 1. The van der Waals surface area contributed by atoms with E-state index in [2.05, 4.69) is 26.1 Å². The minimum atomic E-state index is -0.495. The van der Waals surface area contributed by atoms with E-state index in [1.54, 1.807) is 11.3 Å². The Balaban J connectivity index is 2.37. The minimum Gasteiger partial charge on any atom is -0.333 e. The zero-order chi connectivity index (χ0) is 12.5. The lowest BCUT2D eigenvalue weighted by Crippen LogP contribution is -2.36. The Morgan fingerprint density at radius 1 is 1.47 bits per heavy atom. The number of thiophene rings is 1. The molecule has 0 aliphatic heterocycles. The molecule has 0 aliphatic rings. The Labute approximate surface area is 112 Å². The summed E-state index contributed by atoms with van der Waals surface area (Å²) in [5.74, 6) is 1.11. The third-order valence-electron chi connectivity index (χ3n) is 2.94. The van der Waals surface area contributed by atoms with Crippen molar-refractivity contribution in [2.75, 3.05) is 0 Å².